The second-order valence-corrected chi connectivity index (χ2v) is 11.9. The van der Waals surface area contributed by atoms with Crippen LogP contribution in [0.25, 0.3) is 0 Å². The number of benzene rings is 4. The molecule has 0 aliphatic heterocycles. The fraction of sp³-hybridized carbons (Fsp3) is 0.212. The maximum atomic E-state index is 14.0. The molecule has 0 aromatic heterocycles. The molecule has 0 aliphatic rings. The average molecular weight is 586 g/mol. The van der Waals surface area contributed by atoms with Crippen molar-refractivity contribution in [3.8, 4) is 11.5 Å². The van der Waals surface area contributed by atoms with Crippen LogP contribution >= 0.6 is 0 Å². The van der Waals surface area contributed by atoms with Crippen LogP contribution in [-0.2, 0) is 26.2 Å². The quantitative estimate of drug-likeness (QED) is 0.233. The van der Waals surface area contributed by atoms with Crippen LogP contribution < -0.4 is 14.4 Å². The molecule has 4 aromatic carbocycles. The minimum absolute atomic E-state index is 0.0441. The number of carbonyl (C=O) groups excluding carboxylic acids is 2. The molecule has 0 saturated carbocycles. The van der Waals surface area contributed by atoms with Crippen molar-refractivity contribution in [2.24, 2.45) is 0 Å². The van der Waals surface area contributed by atoms with Gasteiger partial charge in [0.1, 0.15) is 24.1 Å². The van der Waals surface area contributed by atoms with E-state index in [0.29, 0.717) is 11.5 Å². The largest absolute Gasteiger partial charge is 0.457 e. The summed E-state index contributed by atoms with van der Waals surface area (Å²) in [6.07, 6.45) is 0. The van der Waals surface area contributed by atoms with Crippen LogP contribution in [0.1, 0.15) is 26.3 Å². The second kappa shape index (κ2) is 13.8. The minimum atomic E-state index is -4.15. The van der Waals surface area contributed by atoms with Gasteiger partial charge in [-0.05, 0) is 74.9 Å². The number of nitrogens with zero attached hydrogens (tertiary/aromatic N) is 2. The lowest BCUT2D eigenvalue weighted by Gasteiger charge is -2.32. The van der Waals surface area contributed by atoms with Crippen molar-refractivity contribution in [3.05, 3.63) is 121 Å². The minimum Gasteiger partial charge on any atom is -0.457 e. The molecule has 42 heavy (non-hydrogen) atoms. The van der Waals surface area contributed by atoms with Crippen molar-refractivity contribution in [2.45, 2.75) is 44.3 Å². The molecule has 2 amide bonds. The van der Waals surface area contributed by atoms with Crippen LogP contribution in [0.3, 0.4) is 0 Å². The van der Waals surface area contributed by atoms with Crippen molar-refractivity contribution in [1.82, 2.24) is 10.2 Å². The first-order valence-electron chi connectivity index (χ1n) is 13.7. The lowest BCUT2D eigenvalue weighted by molar-refractivity contribution is -0.139. The third kappa shape index (κ3) is 7.76. The highest BCUT2D eigenvalue weighted by atomic mass is 32.2. The molecular formula is C33H35N3O5S. The molecule has 0 heterocycles. The maximum Gasteiger partial charge on any atom is 0.264 e. The summed E-state index contributed by atoms with van der Waals surface area (Å²) in [7, 11) is -4.15. The topological polar surface area (TPSA) is 96.0 Å². The molecule has 0 bridgehead atoms. The van der Waals surface area contributed by atoms with Crippen LogP contribution in [0.15, 0.2) is 120 Å². The van der Waals surface area contributed by atoms with E-state index >= 15 is 0 Å². The molecule has 1 N–H and O–H groups in total. The van der Waals surface area contributed by atoms with Gasteiger partial charge >= 0.3 is 0 Å². The number of para-hydroxylation sites is 1. The van der Waals surface area contributed by atoms with Gasteiger partial charge in [0.05, 0.1) is 10.6 Å². The summed E-state index contributed by atoms with van der Waals surface area (Å²) in [5, 5.41) is 2.85. The predicted molar refractivity (Wildman–Crippen MR) is 164 cm³/mol. The van der Waals surface area contributed by atoms with Gasteiger partial charge in [-0.25, -0.2) is 8.42 Å². The van der Waals surface area contributed by atoms with Crippen LogP contribution in [0.2, 0.25) is 0 Å². The van der Waals surface area contributed by atoms with Gasteiger partial charge in [-0.15, -0.1) is 0 Å². The highest BCUT2D eigenvalue weighted by molar-refractivity contribution is 7.92. The van der Waals surface area contributed by atoms with E-state index in [1.165, 1.54) is 17.0 Å². The number of sulfonamides is 1. The van der Waals surface area contributed by atoms with Gasteiger partial charge in [-0.2, -0.15) is 0 Å². The fourth-order valence-electron chi connectivity index (χ4n) is 4.32. The first kappa shape index (κ1) is 30.3. The van der Waals surface area contributed by atoms with Gasteiger partial charge in [0.25, 0.3) is 10.0 Å². The molecule has 9 heteroatoms. The highest BCUT2D eigenvalue weighted by Gasteiger charge is 2.32. The Bertz CT molecular complexity index is 1560. The summed E-state index contributed by atoms with van der Waals surface area (Å²) >= 11 is 0. The van der Waals surface area contributed by atoms with E-state index in [0.717, 1.165) is 9.87 Å². The third-order valence-corrected chi connectivity index (χ3v) is 8.30. The number of amides is 2. The molecule has 0 saturated heterocycles. The van der Waals surface area contributed by atoms with Crippen LogP contribution in [0.4, 0.5) is 5.69 Å². The zero-order valence-corrected chi connectivity index (χ0v) is 24.7. The predicted octanol–water partition coefficient (Wildman–Crippen LogP) is 5.62. The highest BCUT2D eigenvalue weighted by Crippen LogP contribution is 2.28. The monoisotopic (exact) mass is 585 g/mol. The molecule has 218 valence electrons. The molecule has 4 rings (SSSR count). The van der Waals surface area contributed by atoms with Gasteiger partial charge in [-0.1, -0.05) is 66.7 Å². The molecule has 0 spiro atoms. The van der Waals surface area contributed by atoms with Crippen molar-refractivity contribution in [3.63, 3.8) is 0 Å². The summed E-state index contributed by atoms with van der Waals surface area (Å²) in [6.45, 7) is 4.95. The van der Waals surface area contributed by atoms with Gasteiger partial charge in [0, 0.05) is 12.6 Å². The van der Waals surface area contributed by atoms with E-state index in [4.69, 9.17) is 4.74 Å². The molecule has 0 radical (unpaired) electrons. The first-order chi connectivity index (χ1) is 20.1. The van der Waals surface area contributed by atoms with E-state index in [9.17, 15) is 18.0 Å². The normalized spacial score (nSPS) is 11.9. The van der Waals surface area contributed by atoms with Crippen LogP contribution in [0.5, 0.6) is 11.5 Å². The number of hydrogen-bond donors (Lipinski definition) is 1. The Morgan fingerprint density at radius 1 is 0.738 bits per heavy atom. The average Bonchev–Trinajstić information content (AvgIpc) is 3.00. The van der Waals surface area contributed by atoms with E-state index < -0.39 is 28.5 Å². The molecule has 0 aliphatic carbocycles. The molecule has 4 aromatic rings. The SMILES string of the molecule is CC(C)NC(=O)C(C)N(Cc1ccccc1)C(=O)CN(c1ccc(Oc2ccccc2)cc1)S(=O)(=O)c1ccccc1. The molecule has 0 fully saturated rings. The lowest BCUT2D eigenvalue weighted by atomic mass is 10.1. The summed E-state index contributed by atoms with van der Waals surface area (Å²) in [5.74, 6) is 0.306. The van der Waals surface area contributed by atoms with Crippen molar-refractivity contribution in [2.75, 3.05) is 10.8 Å². The maximum absolute atomic E-state index is 14.0. The van der Waals surface area contributed by atoms with Gasteiger partial charge in [0.15, 0.2) is 0 Å². The van der Waals surface area contributed by atoms with Crippen LogP contribution in [0, 0.1) is 0 Å². The van der Waals surface area contributed by atoms with E-state index in [-0.39, 0.29) is 29.1 Å². The summed E-state index contributed by atoms with van der Waals surface area (Å²) in [5.41, 5.74) is 1.10. The van der Waals surface area contributed by atoms with E-state index in [1.54, 1.807) is 49.4 Å². The van der Waals surface area contributed by atoms with Crippen LogP contribution in [-0.4, -0.2) is 43.8 Å². The molecule has 1 atom stereocenters. The second-order valence-electron chi connectivity index (χ2n) is 10.1. The Morgan fingerprint density at radius 3 is 1.83 bits per heavy atom. The number of carbonyl (C=O) groups is 2. The third-order valence-electron chi connectivity index (χ3n) is 6.51. The summed E-state index contributed by atoms with van der Waals surface area (Å²) in [4.78, 5) is 28.4. The number of rotatable bonds is 12. The zero-order chi connectivity index (χ0) is 30.1. The zero-order valence-electron chi connectivity index (χ0n) is 23.9. The molecule has 1 unspecified atom stereocenters. The smallest absolute Gasteiger partial charge is 0.264 e. The van der Waals surface area contributed by atoms with Gasteiger partial charge in [0.2, 0.25) is 11.8 Å². The number of nitrogens with one attached hydrogen (secondary N) is 1. The van der Waals surface area contributed by atoms with Crippen molar-refractivity contribution >= 4 is 27.5 Å². The Balaban J connectivity index is 1.68. The Labute approximate surface area is 247 Å². The molecular weight excluding hydrogens is 550 g/mol. The first-order valence-corrected chi connectivity index (χ1v) is 15.1. The number of hydrogen-bond acceptors (Lipinski definition) is 5. The van der Waals surface area contributed by atoms with Crippen molar-refractivity contribution < 1.29 is 22.7 Å². The Morgan fingerprint density at radius 2 is 1.26 bits per heavy atom. The van der Waals surface area contributed by atoms with E-state index in [2.05, 4.69) is 5.32 Å². The number of ether oxygens (including phenoxy) is 1. The number of anilines is 1. The van der Waals surface area contributed by atoms with Crippen molar-refractivity contribution in [1.29, 1.82) is 0 Å². The van der Waals surface area contributed by atoms with E-state index in [1.807, 2.05) is 74.5 Å². The Kier molecular flexibility index (Phi) is 9.98. The summed E-state index contributed by atoms with van der Waals surface area (Å²) in [6, 6.07) is 32.0. The Hall–Kier alpha value is -4.63. The standard InChI is InChI=1S/C33H35N3O5S/c1-25(2)34-33(38)26(3)35(23-27-13-7-4-8-14-27)32(37)24-36(42(39,40)31-17-11-6-12-18-31)28-19-21-30(22-20-28)41-29-15-9-5-10-16-29/h4-22,25-26H,23-24H2,1-3H3,(H,34,38). The molecule has 8 nitrogen and oxygen atoms in total. The lowest BCUT2D eigenvalue weighted by Crippen LogP contribution is -2.52. The van der Waals surface area contributed by atoms with Gasteiger partial charge < -0.3 is 15.0 Å². The van der Waals surface area contributed by atoms with Gasteiger partial charge in [-0.3, -0.25) is 13.9 Å². The fourth-order valence-corrected chi connectivity index (χ4v) is 5.76. The summed E-state index contributed by atoms with van der Waals surface area (Å²) < 4.78 is 34.8.